The smallest absolute Gasteiger partial charge is 0.411 e. The molecule has 22 heavy (non-hydrogen) atoms. The fraction of sp³-hybridized carbons (Fsp3) is 0.786. The number of carbonyl (C=O) groups excluding carboxylic acids is 2. The van der Waals surface area contributed by atoms with Crippen LogP contribution in [0.25, 0.3) is 0 Å². The third-order valence-electron chi connectivity index (χ3n) is 3.01. The molecule has 1 aliphatic rings. The second kappa shape index (κ2) is 6.85. The van der Waals surface area contributed by atoms with Gasteiger partial charge in [-0.15, -0.1) is 0 Å². The first-order valence-electron chi connectivity index (χ1n) is 7.29. The van der Waals surface area contributed by atoms with Gasteiger partial charge in [-0.3, -0.25) is 9.69 Å². The minimum Gasteiger partial charge on any atom is -0.465 e. The summed E-state index contributed by atoms with van der Waals surface area (Å²) >= 11 is 0. The lowest BCUT2D eigenvalue weighted by Gasteiger charge is -2.39. The second-order valence-corrected chi connectivity index (χ2v) is 6.58. The Labute approximate surface area is 130 Å². The first-order valence-corrected chi connectivity index (χ1v) is 7.29. The molecule has 0 spiro atoms. The predicted octanol–water partition coefficient (Wildman–Crippen LogP) is 1.11. The van der Waals surface area contributed by atoms with E-state index in [0.29, 0.717) is 0 Å². The summed E-state index contributed by atoms with van der Waals surface area (Å²) in [5.41, 5.74) is -0.680. The molecule has 1 fully saturated rings. The average molecular weight is 315 g/mol. The van der Waals surface area contributed by atoms with Gasteiger partial charge in [-0.1, -0.05) is 0 Å². The van der Waals surface area contributed by atoms with Crippen molar-refractivity contribution in [2.24, 2.45) is 0 Å². The van der Waals surface area contributed by atoms with Gasteiger partial charge in [0.05, 0.1) is 6.54 Å². The highest BCUT2D eigenvalue weighted by molar-refractivity contribution is 5.87. The topological polar surface area (TPSA) is 99.2 Å². The summed E-state index contributed by atoms with van der Waals surface area (Å²) in [4.78, 5) is 38.1. The van der Waals surface area contributed by atoms with E-state index in [1.54, 1.807) is 34.6 Å². The molecule has 1 saturated heterocycles. The molecule has 1 unspecified atom stereocenters. The van der Waals surface area contributed by atoms with Crippen molar-refractivity contribution in [2.45, 2.75) is 52.3 Å². The number of hydrogen-bond donors (Lipinski definition) is 2. The summed E-state index contributed by atoms with van der Waals surface area (Å²) in [6, 6.07) is -0.990. The molecule has 1 rings (SSSR count). The summed E-state index contributed by atoms with van der Waals surface area (Å²) in [5.74, 6) is -0.383. The van der Waals surface area contributed by atoms with Gasteiger partial charge in [0.15, 0.2) is 0 Å². The number of amides is 3. The number of hydrogen-bond acceptors (Lipinski definition) is 4. The molecule has 0 aromatic carbocycles. The van der Waals surface area contributed by atoms with Crippen LogP contribution in [0.5, 0.6) is 0 Å². The molecule has 126 valence electrons. The van der Waals surface area contributed by atoms with Crippen LogP contribution in [-0.2, 0) is 9.53 Å². The predicted molar refractivity (Wildman–Crippen MR) is 79.6 cm³/mol. The Balaban J connectivity index is 2.90. The van der Waals surface area contributed by atoms with E-state index in [1.807, 2.05) is 0 Å². The van der Waals surface area contributed by atoms with Gasteiger partial charge in [-0.25, -0.2) is 9.59 Å². The molecular formula is C14H25N3O5. The van der Waals surface area contributed by atoms with Gasteiger partial charge in [0.1, 0.15) is 11.6 Å². The SMILES string of the molecule is CC(C)NC(=O)C1CN(C(=O)O)CCN1C(=O)OC(C)(C)C. The lowest BCUT2D eigenvalue weighted by molar-refractivity contribution is -0.128. The number of carbonyl (C=O) groups is 3. The molecule has 8 heteroatoms. The van der Waals surface area contributed by atoms with Gasteiger partial charge >= 0.3 is 12.2 Å². The van der Waals surface area contributed by atoms with E-state index < -0.39 is 23.8 Å². The van der Waals surface area contributed by atoms with Gasteiger partial charge in [0, 0.05) is 19.1 Å². The normalized spacial score (nSPS) is 19.1. The Kier molecular flexibility index (Phi) is 5.62. The van der Waals surface area contributed by atoms with Crippen molar-refractivity contribution < 1.29 is 24.2 Å². The second-order valence-electron chi connectivity index (χ2n) is 6.58. The van der Waals surface area contributed by atoms with Crippen LogP contribution in [0.1, 0.15) is 34.6 Å². The summed E-state index contributed by atoms with van der Waals surface area (Å²) in [7, 11) is 0. The minimum absolute atomic E-state index is 0.0624. The third kappa shape index (κ3) is 5.09. The van der Waals surface area contributed by atoms with E-state index in [-0.39, 0.29) is 31.6 Å². The van der Waals surface area contributed by atoms with Crippen molar-refractivity contribution in [2.75, 3.05) is 19.6 Å². The van der Waals surface area contributed by atoms with Gasteiger partial charge < -0.3 is 20.1 Å². The van der Waals surface area contributed by atoms with Crippen molar-refractivity contribution in [3.05, 3.63) is 0 Å². The van der Waals surface area contributed by atoms with E-state index in [4.69, 9.17) is 9.84 Å². The number of carboxylic acid groups (broad SMARTS) is 1. The lowest BCUT2D eigenvalue weighted by atomic mass is 10.1. The monoisotopic (exact) mass is 315 g/mol. The molecular weight excluding hydrogens is 290 g/mol. The Hall–Kier alpha value is -1.99. The van der Waals surface area contributed by atoms with Crippen molar-refractivity contribution in [3.8, 4) is 0 Å². The van der Waals surface area contributed by atoms with Crippen LogP contribution in [0.15, 0.2) is 0 Å². The summed E-state index contributed by atoms with van der Waals surface area (Å²) in [6.45, 7) is 9.02. The highest BCUT2D eigenvalue weighted by atomic mass is 16.6. The molecule has 0 bridgehead atoms. The Morgan fingerprint density at radius 1 is 1.23 bits per heavy atom. The maximum absolute atomic E-state index is 12.3. The van der Waals surface area contributed by atoms with Crippen LogP contribution < -0.4 is 5.32 Å². The molecule has 0 aromatic heterocycles. The van der Waals surface area contributed by atoms with Crippen molar-refractivity contribution in [3.63, 3.8) is 0 Å². The standard InChI is InChI=1S/C14H25N3O5/c1-9(2)15-11(18)10-8-16(12(19)20)6-7-17(10)13(21)22-14(3,4)5/h9-10H,6-8H2,1-5H3,(H,15,18)(H,19,20). The third-order valence-corrected chi connectivity index (χ3v) is 3.01. The minimum atomic E-state index is -1.11. The summed E-state index contributed by atoms with van der Waals surface area (Å²) in [5, 5.41) is 11.8. The first-order chi connectivity index (χ1) is 10.0. The van der Waals surface area contributed by atoms with E-state index in [2.05, 4.69) is 5.32 Å². The maximum Gasteiger partial charge on any atom is 0.411 e. The number of rotatable bonds is 2. The molecule has 0 aliphatic carbocycles. The molecule has 0 aromatic rings. The first kappa shape index (κ1) is 18.1. The molecule has 1 heterocycles. The molecule has 0 saturated carbocycles. The molecule has 2 N–H and O–H groups in total. The quantitative estimate of drug-likeness (QED) is 0.795. The largest absolute Gasteiger partial charge is 0.465 e. The van der Waals surface area contributed by atoms with Crippen LogP contribution in [0.2, 0.25) is 0 Å². The van der Waals surface area contributed by atoms with Crippen LogP contribution in [-0.4, -0.2) is 70.3 Å². The summed E-state index contributed by atoms with van der Waals surface area (Å²) < 4.78 is 5.30. The van der Waals surface area contributed by atoms with E-state index in [1.165, 1.54) is 4.90 Å². The lowest BCUT2D eigenvalue weighted by Crippen LogP contribution is -2.62. The number of nitrogens with one attached hydrogen (secondary N) is 1. The van der Waals surface area contributed by atoms with Gasteiger partial charge in [-0.2, -0.15) is 0 Å². The zero-order chi connectivity index (χ0) is 17.1. The molecule has 1 aliphatic heterocycles. The Morgan fingerprint density at radius 2 is 1.82 bits per heavy atom. The van der Waals surface area contributed by atoms with E-state index in [9.17, 15) is 14.4 Å². The average Bonchev–Trinajstić information content (AvgIpc) is 2.34. The summed E-state index contributed by atoms with van der Waals surface area (Å²) in [6.07, 6.45) is -1.72. The highest BCUT2D eigenvalue weighted by Crippen LogP contribution is 2.16. The Bertz CT molecular complexity index is 444. The van der Waals surface area contributed by atoms with Crippen molar-refractivity contribution >= 4 is 18.1 Å². The molecule has 3 amide bonds. The fourth-order valence-corrected chi connectivity index (χ4v) is 2.10. The van der Waals surface area contributed by atoms with Crippen molar-refractivity contribution in [1.82, 2.24) is 15.1 Å². The number of ether oxygens (including phenoxy) is 1. The van der Waals surface area contributed by atoms with Gasteiger partial charge in [-0.05, 0) is 34.6 Å². The van der Waals surface area contributed by atoms with Crippen LogP contribution in [0, 0.1) is 0 Å². The molecule has 1 atom stereocenters. The number of nitrogens with zero attached hydrogens (tertiary/aromatic N) is 2. The Morgan fingerprint density at radius 3 is 2.27 bits per heavy atom. The fourth-order valence-electron chi connectivity index (χ4n) is 2.10. The van der Waals surface area contributed by atoms with Crippen LogP contribution in [0.3, 0.4) is 0 Å². The van der Waals surface area contributed by atoms with Gasteiger partial charge in [0.25, 0.3) is 0 Å². The van der Waals surface area contributed by atoms with Crippen LogP contribution >= 0.6 is 0 Å². The zero-order valence-corrected chi connectivity index (χ0v) is 13.8. The van der Waals surface area contributed by atoms with Gasteiger partial charge in [0.2, 0.25) is 5.91 Å². The maximum atomic E-state index is 12.3. The number of piperazine rings is 1. The molecule has 8 nitrogen and oxygen atoms in total. The molecule has 0 radical (unpaired) electrons. The van der Waals surface area contributed by atoms with Crippen LogP contribution in [0.4, 0.5) is 9.59 Å². The van der Waals surface area contributed by atoms with Crippen molar-refractivity contribution in [1.29, 1.82) is 0 Å². The highest BCUT2D eigenvalue weighted by Gasteiger charge is 2.39. The van der Waals surface area contributed by atoms with E-state index >= 15 is 0 Å². The zero-order valence-electron chi connectivity index (χ0n) is 13.8. The van der Waals surface area contributed by atoms with E-state index in [0.717, 1.165) is 4.90 Å².